The Morgan fingerprint density at radius 2 is 2.12 bits per heavy atom. The van der Waals surface area contributed by atoms with E-state index in [1.807, 2.05) is 37.3 Å². The summed E-state index contributed by atoms with van der Waals surface area (Å²) < 4.78 is 0. The minimum atomic E-state index is -0.0167. The Labute approximate surface area is 142 Å². The van der Waals surface area contributed by atoms with Crippen molar-refractivity contribution in [2.45, 2.75) is 39.3 Å². The Bertz CT molecular complexity index is 682. The van der Waals surface area contributed by atoms with Gasteiger partial charge in [0.1, 0.15) is 5.82 Å². The van der Waals surface area contributed by atoms with Crippen molar-refractivity contribution in [1.29, 1.82) is 0 Å². The molecule has 0 aliphatic carbocycles. The fraction of sp³-hybridized carbons (Fsp3) is 0.500. The zero-order valence-corrected chi connectivity index (χ0v) is 14.5. The average Bonchev–Trinajstić information content (AvgIpc) is 3.14. The standard InChI is InChI=1S/C18H25N5O/c1-12(2)10-23-11-15(9-16(23)17-19-13(3)21-22-17)20-18(24)14-7-5-4-6-8-14/h4-8,12,15-16H,9-11H2,1-3H3,(H,20,24)(H,19,21,22)/t15-,16-/m0/s1. The molecule has 1 aromatic carbocycles. The second-order valence-corrected chi connectivity index (χ2v) is 6.91. The molecule has 2 aromatic rings. The van der Waals surface area contributed by atoms with Crippen LogP contribution in [-0.4, -0.2) is 45.1 Å². The number of hydrogen-bond donors (Lipinski definition) is 2. The normalized spacial score (nSPS) is 21.3. The summed E-state index contributed by atoms with van der Waals surface area (Å²) in [6.07, 6.45) is 0.836. The van der Waals surface area contributed by atoms with Gasteiger partial charge in [0.2, 0.25) is 0 Å². The van der Waals surface area contributed by atoms with Gasteiger partial charge in [-0.1, -0.05) is 32.0 Å². The first kappa shape index (κ1) is 16.6. The highest BCUT2D eigenvalue weighted by Gasteiger charge is 2.36. The van der Waals surface area contributed by atoms with Crippen LogP contribution in [0.1, 0.15) is 48.3 Å². The minimum absolute atomic E-state index is 0.0167. The summed E-state index contributed by atoms with van der Waals surface area (Å²) in [4.78, 5) is 19.3. The first-order valence-electron chi connectivity index (χ1n) is 8.51. The number of H-pyrrole nitrogens is 1. The van der Waals surface area contributed by atoms with Crippen LogP contribution in [0.5, 0.6) is 0 Å². The molecule has 1 amide bonds. The average molecular weight is 327 g/mol. The number of rotatable bonds is 5. The van der Waals surface area contributed by atoms with Crippen LogP contribution in [0.25, 0.3) is 0 Å². The van der Waals surface area contributed by atoms with E-state index >= 15 is 0 Å². The zero-order chi connectivity index (χ0) is 17.1. The smallest absolute Gasteiger partial charge is 0.251 e. The topological polar surface area (TPSA) is 73.9 Å². The summed E-state index contributed by atoms with van der Waals surface area (Å²) in [5, 5.41) is 10.4. The van der Waals surface area contributed by atoms with Gasteiger partial charge in [0.25, 0.3) is 5.91 Å². The van der Waals surface area contributed by atoms with Gasteiger partial charge < -0.3 is 5.32 Å². The van der Waals surface area contributed by atoms with Crippen molar-refractivity contribution in [3.8, 4) is 0 Å². The summed E-state index contributed by atoms with van der Waals surface area (Å²) >= 11 is 0. The van der Waals surface area contributed by atoms with Crippen LogP contribution in [0.15, 0.2) is 30.3 Å². The lowest BCUT2D eigenvalue weighted by Crippen LogP contribution is -2.37. The van der Waals surface area contributed by atoms with E-state index in [0.717, 1.165) is 31.2 Å². The van der Waals surface area contributed by atoms with Gasteiger partial charge in [0.15, 0.2) is 5.82 Å². The first-order valence-corrected chi connectivity index (χ1v) is 8.51. The quantitative estimate of drug-likeness (QED) is 0.884. The number of nitrogens with zero attached hydrogens (tertiary/aromatic N) is 3. The minimum Gasteiger partial charge on any atom is -0.348 e. The molecule has 1 aliphatic heterocycles. The summed E-state index contributed by atoms with van der Waals surface area (Å²) in [6.45, 7) is 8.12. The monoisotopic (exact) mass is 327 g/mol. The molecular weight excluding hydrogens is 302 g/mol. The molecule has 2 heterocycles. The van der Waals surface area contributed by atoms with Gasteiger partial charge in [-0.15, -0.1) is 0 Å². The predicted molar refractivity (Wildman–Crippen MR) is 92.6 cm³/mol. The Balaban J connectivity index is 1.71. The van der Waals surface area contributed by atoms with Crippen molar-refractivity contribution in [1.82, 2.24) is 25.4 Å². The van der Waals surface area contributed by atoms with Crippen LogP contribution < -0.4 is 5.32 Å². The predicted octanol–water partition coefficient (Wildman–Crippen LogP) is 2.31. The van der Waals surface area contributed by atoms with E-state index in [-0.39, 0.29) is 18.0 Å². The molecular formula is C18H25N5O. The largest absolute Gasteiger partial charge is 0.348 e. The van der Waals surface area contributed by atoms with Gasteiger partial charge in [0.05, 0.1) is 6.04 Å². The Kier molecular flexibility index (Phi) is 4.94. The number of aryl methyl sites for hydroxylation is 1. The lowest BCUT2D eigenvalue weighted by atomic mass is 10.1. The number of aromatic nitrogens is 3. The van der Waals surface area contributed by atoms with Crippen molar-refractivity contribution >= 4 is 5.91 Å². The van der Waals surface area contributed by atoms with Crippen LogP contribution in [0.2, 0.25) is 0 Å². The molecule has 6 heteroatoms. The third kappa shape index (κ3) is 3.82. The summed E-state index contributed by atoms with van der Waals surface area (Å²) in [5.74, 6) is 2.18. The maximum absolute atomic E-state index is 12.4. The van der Waals surface area contributed by atoms with Gasteiger partial charge in [-0.2, -0.15) is 5.10 Å². The molecule has 2 N–H and O–H groups in total. The van der Waals surface area contributed by atoms with Crippen LogP contribution in [0.3, 0.4) is 0 Å². The molecule has 1 aromatic heterocycles. The van der Waals surface area contributed by atoms with E-state index in [4.69, 9.17) is 0 Å². The molecule has 1 fully saturated rings. The Morgan fingerprint density at radius 3 is 2.75 bits per heavy atom. The highest BCUT2D eigenvalue weighted by molar-refractivity contribution is 5.94. The number of carbonyl (C=O) groups excluding carboxylic acids is 1. The third-order valence-corrected chi connectivity index (χ3v) is 4.29. The number of benzene rings is 1. The van der Waals surface area contributed by atoms with Crippen molar-refractivity contribution in [2.24, 2.45) is 5.92 Å². The summed E-state index contributed by atoms with van der Waals surface area (Å²) in [5.41, 5.74) is 0.699. The van der Waals surface area contributed by atoms with E-state index in [0.29, 0.717) is 11.5 Å². The number of likely N-dealkylation sites (tertiary alicyclic amines) is 1. The lowest BCUT2D eigenvalue weighted by molar-refractivity contribution is 0.0937. The Morgan fingerprint density at radius 1 is 1.38 bits per heavy atom. The Hall–Kier alpha value is -2.21. The number of hydrogen-bond acceptors (Lipinski definition) is 4. The molecule has 0 bridgehead atoms. The van der Waals surface area contributed by atoms with E-state index < -0.39 is 0 Å². The lowest BCUT2D eigenvalue weighted by Gasteiger charge is -2.23. The molecule has 0 radical (unpaired) electrons. The fourth-order valence-electron chi connectivity index (χ4n) is 3.31. The molecule has 3 rings (SSSR count). The van der Waals surface area contributed by atoms with Crippen molar-refractivity contribution in [3.05, 3.63) is 47.5 Å². The number of amides is 1. The number of carbonyl (C=O) groups is 1. The molecule has 0 unspecified atom stereocenters. The molecule has 2 atom stereocenters. The van der Waals surface area contributed by atoms with Crippen LogP contribution in [0.4, 0.5) is 0 Å². The van der Waals surface area contributed by atoms with E-state index in [1.54, 1.807) is 0 Å². The van der Waals surface area contributed by atoms with Gasteiger partial charge in [-0.05, 0) is 31.4 Å². The van der Waals surface area contributed by atoms with Gasteiger partial charge >= 0.3 is 0 Å². The SMILES string of the molecule is Cc1nc([C@@H]2C[C@H](NC(=O)c3ccccc3)CN2CC(C)C)n[nH]1. The molecule has 0 saturated carbocycles. The molecule has 1 saturated heterocycles. The fourth-order valence-corrected chi connectivity index (χ4v) is 3.31. The van der Waals surface area contributed by atoms with Crippen LogP contribution in [0, 0.1) is 12.8 Å². The second-order valence-electron chi connectivity index (χ2n) is 6.91. The van der Waals surface area contributed by atoms with Crippen LogP contribution in [-0.2, 0) is 0 Å². The number of aromatic amines is 1. The number of nitrogens with one attached hydrogen (secondary N) is 2. The second kappa shape index (κ2) is 7.13. The van der Waals surface area contributed by atoms with E-state index in [9.17, 15) is 4.79 Å². The molecule has 128 valence electrons. The highest BCUT2D eigenvalue weighted by Crippen LogP contribution is 2.31. The van der Waals surface area contributed by atoms with Crippen molar-refractivity contribution in [3.63, 3.8) is 0 Å². The molecule has 0 spiro atoms. The zero-order valence-electron chi connectivity index (χ0n) is 14.5. The first-order chi connectivity index (χ1) is 11.5. The molecule has 6 nitrogen and oxygen atoms in total. The van der Waals surface area contributed by atoms with E-state index in [2.05, 4.69) is 39.2 Å². The van der Waals surface area contributed by atoms with Gasteiger partial charge in [-0.3, -0.25) is 14.8 Å². The summed E-state index contributed by atoms with van der Waals surface area (Å²) in [6, 6.07) is 9.62. The highest BCUT2D eigenvalue weighted by atomic mass is 16.1. The molecule has 1 aliphatic rings. The maximum atomic E-state index is 12.4. The summed E-state index contributed by atoms with van der Waals surface area (Å²) in [7, 11) is 0. The van der Waals surface area contributed by atoms with Crippen molar-refractivity contribution in [2.75, 3.05) is 13.1 Å². The van der Waals surface area contributed by atoms with Crippen molar-refractivity contribution < 1.29 is 4.79 Å². The molecule has 24 heavy (non-hydrogen) atoms. The van der Waals surface area contributed by atoms with E-state index in [1.165, 1.54) is 0 Å². The van der Waals surface area contributed by atoms with Gasteiger partial charge in [0, 0.05) is 24.7 Å². The third-order valence-electron chi connectivity index (χ3n) is 4.29. The van der Waals surface area contributed by atoms with Crippen LogP contribution >= 0.6 is 0 Å². The van der Waals surface area contributed by atoms with Gasteiger partial charge in [-0.25, -0.2) is 4.98 Å². The maximum Gasteiger partial charge on any atom is 0.251 e.